The number of aromatic nitrogens is 1. The number of hydrogen-bond acceptors (Lipinski definition) is 5. The van der Waals surface area contributed by atoms with Crippen LogP contribution in [0.2, 0.25) is 0 Å². The lowest BCUT2D eigenvalue weighted by Gasteiger charge is -2.25. The Balaban J connectivity index is 2.07. The molecule has 0 atom stereocenters. The van der Waals surface area contributed by atoms with Gasteiger partial charge in [0.15, 0.2) is 5.13 Å². The number of aryl methyl sites for hydroxylation is 1. The summed E-state index contributed by atoms with van der Waals surface area (Å²) in [4.78, 5) is 8.69. The van der Waals surface area contributed by atoms with Gasteiger partial charge in [0.2, 0.25) is 0 Å². The lowest BCUT2D eigenvalue weighted by Crippen LogP contribution is -2.32. The molecule has 1 aromatic rings. The van der Waals surface area contributed by atoms with E-state index in [1.165, 1.54) is 27.2 Å². The zero-order valence-electron chi connectivity index (χ0n) is 11.5. The summed E-state index contributed by atoms with van der Waals surface area (Å²) < 4.78 is 0. The first-order chi connectivity index (χ1) is 8.70. The van der Waals surface area contributed by atoms with E-state index in [4.69, 9.17) is 4.98 Å². The minimum atomic E-state index is 0.534. The molecule has 5 heteroatoms. The molecule has 2 heterocycles. The Labute approximate surface area is 118 Å². The fourth-order valence-electron chi connectivity index (χ4n) is 1.97. The van der Waals surface area contributed by atoms with Crippen molar-refractivity contribution in [1.29, 1.82) is 0 Å². The first-order valence-corrected chi connectivity index (χ1v) is 8.72. The quantitative estimate of drug-likeness (QED) is 0.900. The average Bonchev–Trinajstić information content (AvgIpc) is 2.80. The Kier molecular flexibility index (Phi) is 5.33. The number of thiazole rings is 1. The largest absolute Gasteiger partial charge is 0.346 e. The minimum Gasteiger partial charge on any atom is -0.346 e. The van der Waals surface area contributed by atoms with Crippen LogP contribution in [0.4, 0.5) is 5.13 Å². The minimum absolute atomic E-state index is 0.534. The van der Waals surface area contributed by atoms with Gasteiger partial charge in [-0.05, 0) is 6.42 Å². The van der Waals surface area contributed by atoms with Crippen molar-refractivity contribution in [1.82, 2.24) is 10.3 Å². The molecule has 1 N–H and O–H groups in total. The zero-order valence-corrected chi connectivity index (χ0v) is 13.2. The highest BCUT2D eigenvalue weighted by molar-refractivity contribution is 7.99. The molecular weight excluding hydrogens is 262 g/mol. The second-order valence-electron chi connectivity index (χ2n) is 4.85. The summed E-state index contributed by atoms with van der Waals surface area (Å²) in [5.74, 6) is 2.47. The van der Waals surface area contributed by atoms with E-state index in [0.29, 0.717) is 6.04 Å². The predicted octanol–water partition coefficient (Wildman–Crippen LogP) is 2.76. The van der Waals surface area contributed by atoms with Crippen LogP contribution in [0.3, 0.4) is 0 Å². The first-order valence-electron chi connectivity index (χ1n) is 6.75. The molecule has 1 aromatic heterocycles. The van der Waals surface area contributed by atoms with Gasteiger partial charge in [-0.25, -0.2) is 4.98 Å². The molecule has 1 aliphatic rings. The van der Waals surface area contributed by atoms with Gasteiger partial charge in [0, 0.05) is 42.1 Å². The summed E-state index contributed by atoms with van der Waals surface area (Å²) in [6.07, 6.45) is 1.04. The molecule has 0 saturated carbocycles. The van der Waals surface area contributed by atoms with Crippen LogP contribution >= 0.6 is 23.1 Å². The number of thioether (sulfide) groups is 1. The summed E-state index contributed by atoms with van der Waals surface area (Å²) in [6.45, 7) is 9.84. The third-order valence-corrected chi connectivity index (χ3v) is 5.16. The summed E-state index contributed by atoms with van der Waals surface area (Å²) in [5.41, 5.74) is 1.28. The molecular formula is C13H23N3S2. The van der Waals surface area contributed by atoms with Crippen LogP contribution in [-0.2, 0) is 13.0 Å². The Morgan fingerprint density at radius 3 is 2.67 bits per heavy atom. The highest BCUT2D eigenvalue weighted by Gasteiger charge is 2.17. The van der Waals surface area contributed by atoms with Gasteiger partial charge in [-0.2, -0.15) is 11.8 Å². The normalized spacial score (nSPS) is 16.6. The molecule has 1 saturated heterocycles. The van der Waals surface area contributed by atoms with Crippen LogP contribution < -0.4 is 10.2 Å². The van der Waals surface area contributed by atoms with Crippen molar-refractivity contribution in [3.05, 3.63) is 10.6 Å². The summed E-state index contributed by atoms with van der Waals surface area (Å²) in [5, 5.41) is 4.73. The maximum Gasteiger partial charge on any atom is 0.185 e. The first kappa shape index (κ1) is 14.2. The highest BCUT2D eigenvalue weighted by atomic mass is 32.2. The van der Waals surface area contributed by atoms with Gasteiger partial charge >= 0.3 is 0 Å². The fraction of sp³-hybridized carbons (Fsp3) is 0.769. The van der Waals surface area contributed by atoms with Crippen molar-refractivity contribution in [2.75, 3.05) is 29.5 Å². The third-order valence-electron chi connectivity index (χ3n) is 3.05. The molecule has 102 valence electrons. The van der Waals surface area contributed by atoms with Crippen LogP contribution in [0, 0.1) is 0 Å². The van der Waals surface area contributed by atoms with E-state index in [9.17, 15) is 0 Å². The Morgan fingerprint density at radius 1 is 1.33 bits per heavy atom. The molecule has 1 fully saturated rings. The van der Waals surface area contributed by atoms with Crippen molar-refractivity contribution >= 4 is 28.2 Å². The van der Waals surface area contributed by atoms with Crippen LogP contribution in [0.1, 0.15) is 31.3 Å². The summed E-state index contributed by atoms with van der Waals surface area (Å²) in [7, 11) is 0. The Morgan fingerprint density at radius 2 is 2.06 bits per heavy atom. The molecule has 0 unspecified atom stereocenters. The van der Waals surface area contributed by atoms with Crippen molar-refractivity contribution < 1.29 is 0 Å². The molecule has 0 spiro atoms. The van der Waals surface area contributed by atoms with Crippen LogP contribution in [-0.4, -0.2) is 35.6 Å². The second-order valence-corrected chi connectivity index (χ2v) is 7.14. The zero-order chi connectivity index (χ0) is 13.0. The molecule has 0 radical (unpaired) electrons. The molecule has 3 nitrogen and oxygen atoms in total. The van der Waals surface area contributed by atoms with Gasteiger partial charge in [0.1, 0.15) is 0 Å². The number of nitrogens with one attached hydrogen (secondary N) is 1. The molecule has 2 rings (SSSR count). The topological polar surface area (TPSA) is 28.2 Å². The molecule has 18 heavy (non-hydrogen) atoms. The molecule has 0 aromatic carbocycles. The van der Waals surface area contributed by atoms with E-state index in [0.717, 1.165) is 26.1 Å². The van der Waals surface area contributed by atoms with Crippen LogP contribution in [0.15, 0.2) is 0 Å². The standard InChI is InChI=1S/C13H23N3S2/c1-4-11-12(9-14-10(2)3)18-13(15-11)16-5-7-17-8-6-16/h10,14H,4-9H2,1-3H3. The number of anilines is 1. The number of rotatable bonds is 5. The Hall–Kier alpha value is -0.260. The molecule has 0 amide bonds. The van der Waals surface area contributed by atoms with Gasteiger partial charge in [0.25, 0.3) is 0 Å². The van der Waals surface area contributed by atoms with E-state index in [2.05, 4.69) is 31.0 Å². The predicted molar refractivity (Wildman–Crippen MR) is 83.0 cm³/mol. The third kappa shape index (κ3) is 3.62. The van der Waals surface area contributed by atoms with Crippen molar-refractivity contribution in [3.63, 3.8) is 0 Å². The van der Waals surface area contributed by atoms with Crippen LogP contribution in [0.25, 0.3) is 0 Å². The van der Waals surface area contributed by atoms with E-state index >= 15 is 0 Å². The lowest BCUT2D eigenvalue weighted by molar-refractivity contribution is 0.590. The average molecular weight is 285 g/mol. The van der Waals surface area contributed by atoms with E-state index in [1.807, 2.05) is 23.1 Å². The highest BCUT2D eigenvalue weighted by Crippen LogP contribution is 2.28. The van der Waals surface area contributed by atoms with Crippen molar-refractivity contribution in [2.45, 2.75) is 39.8 Å². The van der Waals surface area contributed by atoms with Gasteiger partial charge in [-0.1, -0.05) is 20.8 Å². The van der Waals surface area contributed by atoms with Gasteiger partial charge in [-0.15, -0.1) is 11.3 Å². The van der Waals surface area contributed by atoms with Crippen molar-refractivity contribution in [3.8, 4) is 0 Å². The summed E-state index contributed by atoms with van der Waals surface area (Å²) >= 11 is 3.92. The smallest absolute Gasteiger partial charge is 0.185 e. The van der Waals surface area contributed by atoms with Gasteiger partial charge < -0.3 is 10.2 Å². The monoisotopic (exact) mass is 285 g/mol. The molecule has 0 aliphatic carbocycles. The van der Waals surface area contributed by atoms with Crippen molar-refractivity contribution in [2.24, 2.45) is 0 Å². The van der Waals surface area contributed by atoms with Crippen LogP contribution in [0.5, 0.6) is 0 Å². The SMILES string of the molecule is CCc1nc(N2CCSCC2)sc1CNC(C)C. The molecule has 1 aliphatic heterocycles. The number of nitrogens with zero attached hydrogens (tertiary/aromatic N) is 2. The Bertz CT molecular complexity index is 370. The number of hydrogen-bond donors (Lipinski definition) is 1. The van der Waals surface area contributed by atoms with E-state index in [1.54, 1.807) is 0 Å². The maximum absolute atomic E-state index is 4.83. The maximum atomic E-state index is 4.83. The van der Waals surface area contributed by atoms with Gasteiger partial charge in [-0.3, -0.25) is 0 Å². The van der Waals surface area contributed by atoms with E-state index in [-0.39, 0.29) is 0 Å². The lowest BCUT2D eigenvalue weighted by atomic mass is 10.3. The fourth-order valence-corrected chi connectivity index (χ4v) is 4.03. The second kappa shape index (κ2) is 6.78. The van der Waals surface area contributed by atoms with E-state index < -0.39 is 0 Å². The molecule has 0 bridgehead atoms. The van der Waals surface area contributed by atoms with Gasteiger partial charge in [0.05, 0.1) is 5.69 Å². The summed E-state index contributed by atoms with van der Waals surface area (Å²) in [6, 6.07) is 0.534.